The molecule has 0 aliphatic rings. The third kappa shape index (κ3) is 6.93. The monoisotopic (exact) mass is 516 g/mol. The van der Waals surface area contributed by atoms with Gasteiger partial charge in [-0.2, -0.15) is 13.2 Å². The molecule has 0 saturated heterocycles. The standard InChI is InChI=1S/C18H20ClF3N3O.HI/c1-25(2,3)11-10-24(17(26)13-4-7-15(19)8-5-13)16-9-6-14(12-23-16)18(20,21)22;/h4-9,12H,10-11H2,1-3H3;1H/q+1;/p-1/i1D3;. The Morgan fingerprint density at radius 1 is 1.22 bits per heavy atom. The first kappa shape index (κ1) is 18.9. The van der Waals surface area contributed by atoms with Crippen molar-refractivity contribution in [2.45, 2.75) is 6.18 Å². The quantitative estimate of drug-likeness (QED) is 0.441. The highest BCUT2D eigenvalue weighted by Gasteiger charge is 2.31. The third-order valence-electron chi connectivity index (χ3n) is 3.57. The Bertz CT molecular complexity index is 860. The normalized spacial score (nSPS) is 13.8. The third-order valence-corrected chi connectivity index (χ3v) is 3.82. The van der Waals surface area contributed by atoms with Gasteiger partial charge in [0.15, 0.2) is 0 Å². The van der Waals surface area contributed by atoms with E-state index < -0.39 is 29.1 Å². The molecular weight excluding hydrogens is 494 g/mol. The van der Waals surface area contributed by atoms with Crippen LogP contribution in [0, 0.1) is 0 Å². The van der Waals surface area contributed by atoms with Crippen LogP contribution in [0.3, 0.4) is 0 Å². The summed E-state index contributed by atoms with van der Waals surface area (Å²) in [5.74, 6) is -0.539. The van der Waals surface area contributed by atoms with Crippen LogP contribution in [-0.2, 0) is 6.18 Å². The van der Waals surface area contributed by atoms with Crippen LogP contribution in [0.1, 0.15) is 20.0 Å². The van der Waals surface area contributed by atoms with Crippen LogP contribution in [0.4, 0.5) is 19.0 Å². The number of hydrogen-bond acceptors (Lipinski definition) is 2. The summed E-state index contributed by atoms with van der Waals surface area (Å²) in [6, 6.07) is 7.89. The van der Waals surface area contributed by atoms with Crippen molar-refractivity contribution < 1.29 is 50.5 Å². The summed E-state index contributed by atoms with van der Waals surface area (Å²) in [4.78, 5) is 17.9. The van der Waals surface area contributed by atoms with Crippen LogP contribution in [0.5, 0.6) is 0 Å². The number of nitrogens with zero attached hydrogens (tertiary/aromatic N) is 3. The molecule has 2 rings (SSSR count). The number of amides is 1. The number of aromatic nitrogens is 1. The number of halogens is 5. The van der Waals surface area contributed by atoms with Gasteiger partial charge in [0.25, 0.3) is 5.91 Å². The zero-order valence-corrected chi connectivity index (χ0v) is 17.5. The van der Waals surface area contributed by atoms with Gasteiger partial charge in [0.1, 0.15) is 5.82 Å². The van der Waals surface area contributed by atoms with Crippen molar-refractivity contribution >= 4 is 23.3 Å². The van der Waals surface area contributed by atoms with Gasteiger partial charge in [-0.25, -0.2) is 4.98 Å². The Hall–Kier alpha value is -1.39. The van der Waals surface area contributed by atoms with Crippen molar-refractivity contribution in [2.24, 2.45) is 0 Å². The summed E-state index contributed by atoms with van der Waals surface area (Å²) in [5.41, 5.74) is -0.700. The zero-order chi connectivity index (χ0) is 22.0. The predicted octanol–water partition coefficient (Wildman–Crippen LogP) is 1.11. The Kier molecular flexibility index (Phi) is 6.46. The van der Waals surface area contributed by atoms with Crippen LogP contribution < -0.4 is 28.9 Å². The molecule has 9 heteroatoms. The van der Waals surface area contributed by atoms with Crippen molar-refractivity contribution in [3.63, 3.8) is 0 Å². The summed E-state index contributed by atoms with van der Waals surface area (Å²) < 4.78 is 60.9. The molecule has 1 aromatic carbocycles. The van der Waals surface area contributed by atoms with Gasteiger partial charge in [-0.05, 0) is 36.4 Å². The number of benzene rings is 1. The van der Waals surface area contributed by atoms with E-state index in [1.165, 1.54) is 38.4 Å². The van der Waals surface area contributed by atoms with E-state index in [4.69, 9.17) is 15.7 Å². The van der Waals surface area contributed by atoms with Gasteiger partial charge in [0, 0.05) is 16.8 Å². The van der Waals surface area contributed by atoms with E-state index in [1.54, 1.807) is 0 Å². The van der Waals surface area contributed by atoms with E-state index in [0.717, 1.165) is 17.0 Å². The Morgan fingerprint density at radius 3 is 2.33 bits per heavy atom. The highest BCUT2D eigenvalue weighted by Crippen LogP contribution is 2.29. The van der Waals surface area contributed by atoms with Crippen LogP contribution in [0.25, 0.3) is 0 Å². The second kappa shape index (κ2) is 9.20. The number of hydrogen-bond donors (Lipinski definition) is 0. The smallest absolute Gasteiger partial charge is 0.417 e. The number of likely N-dealkylation sites (N-methyl/N-ethyl adjacent to an activating group) is 1. The van der Waals surface area contributed by atoms with Crippen LogP contribution in [0.2, 0.25) is 5.02 Å². The van der Waals surface area contributed by atoms with E-state index in [1.807, 2.05) is 0 Å². The molecule has 0 N–H and O–H groups in total. The van der Waals surface area contributed by atoms with Gasteiger partial charge >= 0.3 is 6.18 Å². The molecule has 0 atom stereocenters. The van der Waals surface area contributed by atoms with Crippen molar-refractivity contribution in [3.05, 3.63) is 58.7 Å². The van der Waals surface area contributed by atoms with Gasteiger partial charge in [0.2, 0.25) is 0 Å². The minimum Gasteiger partial charge on any atom is -1.00 e. The van der Waals surface area contributed by atoms with Gasteiger partial charge in [0.05, 0.1) is 43.8 Å². The van der Waals surface area contributed by atoms with E-state index in [9.17, 15) is 18.0 Å². The molecule has 0 aliphatic heterocycles. The second-order valence-corrected chi connectivity index (χ2v) is 6.71. The first-order chi connectivity index (χ1) is 13.2. The number of pyridine rings is 1. The molecule has 0 unspecified atom stereocenters. The lowest BCUT2D eigenvalue weighted by Gasteiger charge is -2.28. The molecule has 0 spiro atoms. The maximum absolute atomic E-state index is 13.0. The fourth-order valence-corrected chi connectivity index (χ4v) is 2.26. The molecule has 0 bridgehead atoms. The van der Waals surface area contributed by atoms with E-state index >= 15 is 0 Å². The first-order valence-corrected chi connectivity index (χ1v) is 8.04. The van der Waals surface area contributed by atoms with E-state index in [0.29, 0.717) is 11.2 Å². The summed E-state index contributed by atoms with van der Waals surface area (Å²) in [6.45, 7) is -2.37. The molecule has 1 amide bonds. The fourth-order valence-electron chi connectivity index (χ4n) is 2.13. The van der Waals surface area contributed by atoms with Crippen molar-refractivity contribution in [3.8, 4) is 0 Å². The molecule has 4 nitrogen and oxygen atoms in total. The van der Waals surface area contributed by atoms with Crippen LogP contribution >= 0.6 is 11.6 Å². The topological polar surface area (TPSA) is 33.2 Å². The maximum atomic E-state index is 13.0. The zero-order valence-electron chi connectivity index (χ0n) is 17.6. The number of quaternary nitrogens is 1. The van der Waals surface area contributed by atoms with Gasteiger partial charge < -0.3 is 28.5 Å². The summed E-state index contributed by atoms with van der Waals surface area (Å²) in [5, 5.41) is 0.418. The maximum Gasteiger partial charge on any atom is 0.417 e. The molecule has 0 fully saturated rings. The number of rotatable bonds is 5. The van der Waals surface area contributed by atoms with Gasteiger partial charge in [-0.15, -0.1) is 0 Å². The molecule has 1 heterocycles. The number of anilines is 1. The molecule has 1 aromatic heterocycles. The Labute approximate surface area is 182 Å². The SMILES string of the molecule is [2H]C([2H])([2H])[N+](C)(C)CCN(C(=O)c1ccc(Cl)cc1)c1ccc(C(F)(F)F)cn1.[I-]. The van der Waals surface area contributed by atoms with Crippen LogP contribution in [-0.4, -0.2) is 49.5 Å². The Balaban J connectivity index is 0.00000450. The summed E-state index contributed by atoms with van der Waals surface area (Å²) in [6.07, 6.45) is -3.92. The number of carbonyl (C=O) groups is 1. The van der Waals surface area contributed by atoms with E-state index in [-0.39, 0.29) is 48.4 Å². The number of carbonyl (C=O) groups excluding carboxylic acids is 1. The lowest BCUT2D eigenvalue weighted by atomic mass is 10.2. The van der Waals surface area contributed by atoms with Crippen LogP contribution in [0.15, 0.2) is 42.6 Å². The van der Waals surface area contributed by atoms with Gasteiger partial charge in [-0.3, -0.25) is 9.69 Å². The molecule has 0 saturated carbocycles. The summed E-state index contributed by atoms with van der Waals surface area (Å²) >= 11 is 5.84. The highest BCUT2D eigenvalue weighted by atomic mass is 127. The fraction of sp³-hybridized carbons (Fsp3) is 0.333. The minimum absolute atomic E-state index is 0. The average Bonchev–Trinajstić information content (AvgIpc) is 2.61. The molecule has 0 radical (unpaired) electrons. The lowest BCUT2D eigenvalue weighted by Crippen LogP contribution is -3.00. The highest BCUT2D eigenvalue weighted by molar-refractivity contribution is 6.30. The summed E-state index contributed by atoms with van der Waals surface area (Å²) in [7, 11) is 2.97. The van der Waals surface area contributed by atoms with Crippen molar-refractivity contribution in [1.29, 1.82) is 0 Å². The molecule has 27 heavy (non-hydrogen) atoms. The molecule has 148 valence electrons. The molecular formula is C18H20ClF3IN3O. The minimum atomic E-state index is -4.56. The lowest BCUT2D eigenvalue weighted by molar-refractivity contribution is -0.868. The van der Waals surface area contributed by atoms with E-state index in [2.05, 4.69) is 4.98 Å². The van der Waals surface area contributed by atoms with Crippen molar-refractivity contribution in [1.82, 2.24) is 4.98 Å². The predicted molar refractivity (Wildman–Crippen MR) is 95.3 cm³/mol. The molecule has 2 aromatic rings. The molecule has 0 aliphatic carbocycles. The largest absolute Gasteiger partial charge is 1.00 e. The van der Waals surface area contributed by atoms with Crippen molar-refractivity contribution in [2.75, 3.05) is 39.1 Å². The number of alkyl halides is 3. The van der Waals surface area contributed by atoms with Gasteiger partial charge in [-0.1, -0.05) is 11.6 Å². The average molecular weight is 517 g/mol. The Morgan fingerprint density at radius 2 is 1.85 bits per heavy atom. The second-order valence-electron chi connectivity index (χ2n) is 6.28. The first-order valence-electron chi connectivity index (χ1n) is 9.16.